The topological polar surface area (TPSA) is 63.1 Å². The predicted molar refractivity (Wildman–Crippen MR) is 47.8 cm³/mol. The molecule has 0 fully saturated rings. The molecule has 1 heterocycles. The highest BCUT2D eigenvalue weighted by Gasteiger charge is 2.09. The van der Waals surface area contributed by atoms with Gasteiger partial charge in [0.05, 0.1) is 10.9 Å². The third-order valence-electron chi connectivity index (χ3n) is 1.98. The van der Waals surface area contributed by atoms with E-state index in [1.165, 1.54) is 12.1 Å². The standard InChI is InChI=1S/C9H6FNO3/c1-4-2-3-5(10)7-6(4)8(12)14-9(13)11-7/h2-3H,1H3,(H,11,13). The van der Waals surface area contributed by atoms with Crippen LogP contribution in [0, 0.1) is 12.7 Å². The van der Waals surface area contributed by atoms with Gasteiger partial charge < -0.3 is 4.42 Å². The van der Waals surface area contributed by atoms with Crippen molar-refractivity contribution in [1.82, 2.24) is 4.98 Å². The molecule has 0 spiro atoms. The first-order chi connectivity index (χ1) is 6.59. The summed E-state index contributed by atoms with van der Waals surface area (Å²) in [4.78, 5) is 24.1. The Hall–Kier alpha value is -1.91. The van der Waals surface area contributed by atoms with Crippen LogP contribution >= 0.6 is 0 Å². The van der Waals surface area contributed by atoms with Crippen LogP contribution in [0.15, 0.2) is 26.1 Å². The fourth-order valence-corrected chi connectivity index (χ4v) is 1.33. The minimum atomic E-state index is -0.952. The first kappa shape index (κ1) is 8.68. The Morgan fingerprint density at radius 2 is 2.07 bits per heavy atom. The molecule has 1 aromatic heterocycles. The van der Waals surface area contributed by atoms with E-state index in [0.29, 0.717) is 5.56 Å². The Morgan fingerprint density at radius 1 is 1.36 bits per heavy atom. The van der Waals surface area contributed by atoms with Crippen LogP contribution in [0.25, 0.3) is 10.9 Å². The van der Waals surface area contributed by atoms with Crippen molar-refractivity contribution in [1.29, 1.82) is 0 Å². The molecule has 0 saturated heterocycles. The Morgan fingerprint density at radius 3 is 2.79 bits per heavy atom. The molecule has 0 amide bonds. The van der Waals surface area contributed by atoms with Crippen molar-refractivity contribution in [3.05, 3.63) is 44.5 Å². The largest absolute Gasteiger partial charge is 0.419 e. The predicted octanol–water partition coefficient (Wildman–Crippen LogP) is 0.929. The van der Waals surface area contributed by atoms with Gasteiger partial charge in [0.2, 0.25) is 0 Å². The van der Waals surface area contributed by atoms with Gasteiger partial charge in [-0.3, -0.25) is 4.98 Å². The smallest absolute Gasteiger partial charge is 0.372 e. The number of rotatable bonds is 0. The lowest BCUT2D eigenvalue weighted by atomic mass is 10.1. The fourth-order valence-electron chi connectivity index (χ4n) is 1.33. The maximum absolute atomic E-state index is 13.2. The molecule has 72 valence electrons. The van der Waals surface area contributed by atoms with Gasteiger partial charge in [-0.05, 0) is 18.6 Å². The van der Waals surface area contributed by atoms with Crippen molar-refractivity contribution in [2.75, 3.05) is 0 Å². The van der Waals surface area contributed by atoms with Crippen molar-refractivity contribution in [2.45, 2.75) is 6.92 Å². The van der Waals surface area contributed by atoms with Gasteiger partial charge in [-0.25, -0.2) is 14.0 Å². The van der Waals surface area contributed by atoms with Gasteiger partial charge in [-0.1, -0.05) is 6.07 Å². The highest BCUT2D eigenvalue weighted by molar-refractivity contribution is 5.80. The molecular formula is C9H6FNO3. The summed E-state index contributed by atoms with van der Waals surface area (Å²) in [6.07, 6.45) is 0. The van der Waals surface area contributed by atoms with Crippen LogP contribution in [0.3, 0.4) is 0 Å². The van der Waals surface area contributed by atoms with Crippen molar-refractivity contribution in [3.8, 4) is 0 Å². The first-order valence-corrected chi connectivity index (χ1v) is 3.92. The van der Waals surface area contributed by atoms with E-state index in [4.69, 9.17) is 0 Å². The lowest BCUT2D eigenvalue weighted by Gasteiger charge is -1.99. The Labute approximate surface area is 77.0 Å². The molecule has 4 nitrogen and oxygen atoms in total. The van der Waals surface area contributed by atoms with Gasteiger partial charge in [-0.15, -0.1) is 0 Å². The third-order valence-corrected chi connectivity index (χ3v) is 1.98. The summed E-state index contributed by atoms with van der Waals surface area (Å²) in [7, 11) is 0. The lowest BCUT2D eigenvalue weighted by molar-refractivity contribution is 0.458. The van der Waals surface area contributed by atoms with Gasteiger partial charge in [-0.2, -0.15) is 0 Å². The second-order valence-electron chi connectivity index (χ2n) is 2.92. The van der Waals surface area contributed by atoms with E-state index in [1.807, 2.05) is 0 Å². The summed E-state index contributed by atoms with van der Waals surface area (Å²) < 4.78 is 17.5. The monoisotopic (exact) mass is 195 g/mol. The van der Waals surface area contributed by atoms with E-state index < -0.39 is 17.2 Å². The average molecular weight is 195 g/mol. The molecule has 2 rings (SSSR count). The molecule has 5 heteroatoms. The zero-order valence-electron chi connectivity index (χ0n) is 7.26. The molecule has 14 heavy (non-hydrogen) atoms. The molecule has 0 atom stereocenters. The number of halogens is 1. The van der Waals surface area contributed by atoms with Gasteiger partial charge in [0.15, 0.2) is 0 Å². The van der Waals surface area contributed by atoms with E-state index in [9.17, 15) is 14.0 Å². The molecule has 2 aromatic rings. The van der Waals surface area contributed by atoms with Crippen molar-refractivity contribution in [3.63, 3.8) is 0 Å². The van der Waals surface area contributed by atoms with E-state index in [2.05, 4.69) is 9.40 Å². The fraction of sp³-hybridized carbons (Fsp3) is 0.111. The number of hydrogen-bond donors (Lipinski definition) is 1. The number of benzene rings is 1. The first-order valence-electron chi connectivity index (χ1n) is 3.92. The van der Waals surface area contributed by atoms with Gasteiger partial charge >= 0.3 is 11.4 Å². The Bertz CT molecular complexity index is 611. The zero-order valence-corrected chi connectivity index (χ0v) is 7.26. The second-order valence-corrected chi connectivity index (χ2v) is 2.92. The lowest BCUT2D eigenvalue weighted by Crippen LogP contribution is -2.16. The molecule has 0 aliphatic rings. The van der Waals surface area contributed by atoms with E-state index in [0.717, 1.165) is 0 Å². The molecule has 0 bridgehead atoms. The van der Waals surface area contributed by atoms with Crippen LogP contribution in [0.5, 0.6) is 0 Å². The van der Waals surface area contributed by atoms with Crippen LogP contribution in [0.1, 0.15) is 5.56 Å². The molecule has 0 radical (unpaired) electrons. The van der Waals surface area contributed by atoms with Crippen molar-refractivity contribution in [2.24, 2.45) is 0 Å². The number of fused-ring (bicyclic) bond motifs is 1. The van der Waals surface area contributed by atoms with Gasteiger partial charge in [0.1, 0.15) is 5.82 Å². The minimum absolute atomic E-state index is 0.0737. The number of aromatic amines is 1. The summed E-state index contributed by atoms with van der Waals surface area (Å²) in [5.41, 5.74) is -0.363. The average Bonchev–Trinajstić information content (AvgIpc) is 2.10. The quantitative estimate of drug-likeness (QED) is 0.680. The summed E-state index contributed by atoms with van der Waals surface area (Å²) >= 11 is 0. The maximum atomic E-state index is 13.2. The molecule has 0 aliphatic heterocycles. The molecule has 1 aromatic carbocycles. The number of aromatic nitrogens is 1. The summed E-state index contributed by atoms with van der Waals surface area (Å²) in [6, 6.07) is 2.64. The van der Waals surface area contributed by atoms with Crippen LogP contribution in [-0.4, -0.2) is 4.98 Å². The molecular weight excluding hydrogens is 189 g/mol. The van der Waals surface area contributed by atoms with Crippen molar-refractivity contribution >= 4 is 10.9 Å². The maximum Gasteiger partial charge on any atom is 0.419 e. The molecule has 0 aliphatic carbocycles. The molecule has 0 unspecified atom stereocenters. The van der Waals surface area contributed by atoms with Crippen LogP contribution < -0.4 is 11.4 Å². The second kappa shape index (κ2) is 2.80. The molecule has 1 N–H and O–H groups in total. The highest BCUT2D eigenvalue weighted by Crippen LogP contribution is 2.14. The zero-order chi connectivity index (χ0) is 10.3. The minimum Gasteiger partial charge on any atom is -0.372 e. The summed E-state index contributed by atoms with van der Waals surface area (Å²) in [5, 5.41) is 0.0737. The van der Waals surface area contributed by atoms with Crippen LogP contribution in [-0.2, 0) is 0 Å². The number of H-pyrrole nitrogens is 1. The number of nitrogens with one attached hydrogen (secondary N) is 1. The van der Waals surface area contributed by atoms with Gasteiger partial charge in [0, 0.05) is 0 Å². The SMILES string of the molecule is Cc1ccc(F)c2[nH]c(=O)oc(=O)c12. The Balaban J connectivity index is 3.16. The van der Waals surface area contributed by atoms with E-state index >= 15 is 0 Å². The van der Waals surface area contributed by atoms with Crippen LogP contribution in [0.4, 0.5) is 4.39 Å². The summed E-state index contributed by atoms with van der Waals surface area (Å²) in [6.45, 7) is 1.64. The van der Waals surface area contributed by atoms with Gasteiger partial charge in [0.25, 0.3) is 0 Å². The third kappa shape index (κ3) is 1.14. The highest BCUT2D eigenvalue weighted by atomic mass is 19.1. The van der Waals surface area contributed by atoms with Crippen molar-refractivity contribution < 1.29 is 8.81 Å². The number of hydrogen-bond acceptors (Lipinski definition) is 3. The number of aryl methyl sites for hydroxylation is 1. The van der Waals surface area contributed by atoms with E-state index in [-0.39, 0.29) is 10.9 Å². The van der Waals surface area contributed by atoms with E-state index in [1.54, 1.807) is 6.92 Å². The molecule has 0 saturated carbocycles. The summed E-state index contributed by atoms with van der Waals surface area (Å²) in [5.74, 6) is -1.59. The Kier molecular flexibility index (Phi) is 1.73. The van der Waals surface area contributed by atoms with Crippen LogP contribution in [0.2, 0.25) is 0 Å². The normalized spacial score (nSPS) is 10.7.